The first-order valence-corrected chi connectivity index (χ1v) is 12.6. The highest BCUT2D eigenvalue weighted by atomic mass is 16.6. The second-order valence-corrected chi connectivity index (χ2v) is 10.1. The van der Waals surface area contributed by atoms with Gasteiger partial charge in [0.2, 0.25) is 0 Å². The van der Waals surface area contributed by atoms with Crippen LogP contribution in [0.5, 0.6) is 0 Å². The van der Waals surface area contributed by atoms with Gasteiger partial charge in [-0.25, -0.2) is 9.78 Å². The molecule has 0 amide bonds. The van der Waals surface area contributed by atoms with Gasteiger partial charge >= 0.3 is 5.97 Å². The molecule has 4 heterocycles. The zero-order chi connectivity index (χ0) is 24.9. The maximum absolute atomic E-state index is 12.7. The number of esters is 1. The van der Waals surface area contributed by atoms with Crippen molar-refractivity contribution in [2.75, 3.05) is 0 Å². The Labute approximate surface area is 207 Å². The highest BCUT2D eigenvalue weighted by molar-refractivity contribution is 5.82. The number of hydrogen-bond acceptors (Lipinski definition) is 7. The van der Waals surface area contributed by atoms with Crippen LogP contribution < -0.4 is 0 Å². The SMILES string of the molecule is C=C1C[C@H](C)C[C@@H]2CC=C[C@@H](CC=CC(=O)O[C@H](C(C)=Cc3coc(C)n3)C[C@@H]3O[C@H]3[C@@H](O)C1)O2. The summed E-state index contributed by atoms with van der Waals surface area (Å²) in [6, 6.07) is 0. The van der Waals surface area contributed by atoms with Crippen LogP contribution in [0.4, 0.5) is 0 Å². The molecule has 1 aromatic heterocycles. The number of cyclic esters (lactones) is 1. The normalized spacial score (nSPS) is 35.1. The van der Waals surface area contributed by atoms with Crippen molar-refractivity contribution in [3.63, 3.8) is 0 Å². The molecule has 0 radical (unpaired) electrons. The van der Waals surface area contributed by atoms with Gasteiger partial charge in [0.15, 0.2) is 5.89 Å². The maximum Gasteiger partial charge on any atom is 0.331 e. The second-order valence-electron chi connectivity index (χ2n) is 10.1. The zero-order valence-corrected chi connectivity index (χ0v) is 20.9. The first-order valence-electron chi connectivity index (χ1n) is 12.6. The zero-order valence-electron chi connectivity index (χ0n) is 20.9. The second kappa shape index (κ2) is 11.5. The Bertz CT molecular complexity index is 991. The van der Waals surface area contributed by atoms with Crippen LogP contribution in [0.3, 0.4) is 0 Å². The van der Waals surface area contributed by atoms with Crippen molar-refractivity contribution in [2.45, 2.75) is 95.9 Å². The van der Waals surface area contributed by atoms with Gasteiger partial charge in [0, 0.05) is 19.4 Å². The lowest BCUT2D eigenvalue weighted by Gasteiger charge is -2.28. The highest BCUT2D eigenvalue weighted by Crippen LogP contribution is 2.35. The molecule has 35 heavy (non-hydrogen) atoms. The van der Waals surface area contributed by atoms with Crippen molar-refractivity contribution in [1.82, 2.24) is 4.98 Å². The average Bonchev–Trinajstić information content (AvgIpc) is 3.44. The van der Waals surface area contributed by atoms with Crippen molar-refractivity contribution < 1.29 is 28.5 Å². The third-order valence-corrected chi connectivity index (χ3v) is 6.77. The Balaban J connectivity index is 1.50. The van der Waals surface area contributed by atoms with E-state index in [9.17, 15) is 9.90 Å². The molecule has 1 aromatic rings. The Kier molecular flexibility index (Phi) is 8.42. The lowest BCUT2D eigenvalue weighted by atomic mass is 9.91. The van der Waals surface area contributed by atoms with Crippen molar-refractivity contribution in [3.8, 4) is 0 Å². The Morgan fingerprint density at radius 2 is 2.03 bits per heavy atom. The average molecular weight is 484 g/mol. The van der Waals surface area contributed by atoms with Crippen molar-refractivity contribution in [2.24, 2.45) is 5.92 Å². The number of epoxide rings is 1. The molecule has 7 atom stereocenters. The largest absolute Gasteiger partial charge is 0.455 e. The van der Waals surface area contributed by atoms with Crippen LogP contribution in [-0.4, -0.2) is 52.7 Å². The Morgan fingerprint density at radius 1 is 1.20 bits per heavy atom. The van der Waals surface area contributed by atoms with E-state index >= 15 is 0 Å². The number of fused-ring (bicyclic) bond motifs is 3. The van der Waals surface area contributed by atoms with Crippen LogP contribution in [0.2, 0.25) is 0 Å². The summed E-state index contributed by atoms with van der Waals surface area (Å²) in [5, 5.41) is 10.7. The summed E-state index contributed by atoms with van der Waals surface area (Å²) >= 11 is 0. The van der Waals surface area contributed by atoms with Crippen LogP contribution in [0, 0.1) is 12.8 Å². The number of nitrogens with zero attached hydrogens (tertiary/aromatic N) is 1. The first kappa shape index (κ1) is 25.6. The van der Waals surface area contributed by atoms with E-state index in [-0.39, 0.29) is 24.4 Å². The van der Waals surface area contributed by atoms with Gasteiger partial charge in [0.05, 0.1) is 24.4 Å². The molecule has 2 bridgehead atoms. The maximum atomic E-state index is 12.7. The van der Waals surface area contributed by atoms with Gasteiger partial charge in [-0.2, -0.15) is 0 Å². The summed E-state index contributed by atoms with van der Waals surface area (Å²) < 4.78 is 23.1. The molecule has 0 aromatic carbocycles. The monoisotopic (exact) mass is 483 g/mol. The number of ether oxygens (including phenoxy) is 3. The van der Waals surface area contributed by atoms with E-state index in [0.717, 1.165) is 30.4 Å². The van der Waals surface area contributed by atoms with E-state index in [1.54, 1.807) is 13.2 Å². The summed E-state index contributed by atoms with van der Waals surface area (Å²) in [5.41, 5.74) is 2.52. The van der Waals surface area contributed by atoms with Gasteiger partial charge in [0.1, 0.15) is 24.2 Å². The number of hydrogen-bond donors (Lipinski definition) is 1. The minimum atomic E-state index is -0.629. The van der Waals surface area contributed by atoms with Crippen LogP contribution >= 0.6 is 0 Å². The summed E-state index contributed by atoms with van der Waals surface area (Å²) in [5.74, 6) is 0.555. The van der Waals surface area contributed by atoms with Gasteiger partial charge < -0.3 is 23.7 Å². The standard InChI is InChI=1S/C28H37NO6/c1-17-11-18(2)13-24(30)28-26(35-28)15-25(19(3)14-21-16-32-20(4)29-21)34-27(31)10-6-8-22-7-5-9-23(12-17)33-22/h5-7,10,14,16-17,22-26,28,30H,2,8-9,11-13,15H2,1,3-4H3/t17-,22-,23-,24-,25-,26-,28-/m0/s1. The van der Waals surface area contributed by atoms with E-state index in [1.165, 1.54) is 6.08 Å². The van der Waals surface area contributed by atoms with Crippen LogP contribution in [-0.2, 0) is 19.0 Å². The molecule has 4 rings (SSSR count). The molecule has 3 aliphatic rings. The predicted molar refractivity (Wildman–Crippen MR) is 132 cm³/mol. The number of oxazole rings is 1. The van der Waals surface area contributed by atoms with Gasteiger partial charge in [0.25, 0.3) is 0 Å². The minimum Gasteiger partial charge on any atom is -0.455 e. The number of aromatic nitrogens is 1. The molecule has 1 saturated heterocycles. The van der Waals surface area contributed by atoms with E-state index in [0.29, 0.717) is 36.8 Å². The number of carbonyl (C=O) groups excluding carboxylic acids is 1. The summed E-state index contributed by atoms with van der Waals surface area (Å²) in [6.45, 7) is 10.1. The molecule has 0 aliphatic carbocycles. The number of carbonyl (C=O) groups is 1. The van der Waals surface area contributed by atoms with Gasteiger partial charge in [-0.1, -0.05) is 37.3 Å². The Morgan fingerprint density at radius 3 is 2.80 bits per heavy atom. The molecule has 7 heteroatoms. The fourth-order valence-electron chi connectivity index (χ4n) is 5.01. The van der Waals surface area contributed by atoms with Crippen molar-refractivity contribution >= 4 is 12.0 Å². The van der Waals surface area contributed by atoms with Gasteiger partial charge in [-0.05, 0) is 56.6 Å². The lowest BCUT2D eigenvalue weighted by molar-refractivity contribution is -0.141. The molecule has 0 unspecified atom stereocenters. The molecule has 3 aliphatic heterocycles. The van der Waals surface area contributed by atoms with E-state index in [1.807, 2.05) is 19.1 Å². The third-order valence-electron chi connectivity index (χ3n) is 6.77. The van der Waals surface area contributed by atoms with Crippen molar-refractivity contribution in [3.05, 3.63) is 59.9 Å². The highest BCUT2D eigenvalue weighted by Gasteiger charge is 2.46. The number of rotatable bonds is 2. The third kappa shape index (κ3) is 7.50. The topological polar surface area (TPSA) is 94.3 Å². The Hall–Kier alpha value is -2.48. The quantitative estimate of drug-likeness (QED) is 0.365. The van der Waals surface area contributed by atoms with Crippen LogP contribution in [0.25, 0.3) is 6.08 Å². The summed E-state index contributed by atoms with van der Waals surface area (Å²) in [4.78, 5) is 17.0. The fourth-order valence-corrected chi connectivity index (χ4v) is 5.01. The summed E-state index contributed by atoms with van der Waals surface area (Å²) in [6.07, 6.45) is 13.6. The van der Waals surface area contributed by atoms with Gasteiger partial charge in [-0.3, -0.25) is 0 Å². The molecule has 0 saturated carbocycles. The smallest absolute Gasteiger partial charge is 0.331 e. The number of aliphatic hydroxyl groups excluding tert-OH is 1. The van der Waals surface area contributed by atoms with Crippen molar-refractivity contribution in [1.29, 1.82) is 0 Å². The van der Waals surface area contributed by atoms with E-state index in [4.69, 9.17) is 18.6 Å². The predicted octanol–water partition coefficient (Wildman–Crippen LogP) is 4.85. The first-order chi connectivity index (χ1) is 16.8. The molecular formula is C28H37NO6. The molecule has 190 valence electrons. The number of aryl methyl sites for hydroxylation is 1. The molecule has 0 spiro atoms. The summed E-state index contributed by atoms with van der Waals surface area (Å²) in [7, 11) is 0. The molecule has 1 N–H and O–H groups in total. The van der Waals surface area contributed by atoms with Crippen LogP contribution in [0.1, 0.15) is 64.0 Å². The van der Waals surface area contributed by atoms with E-state index < -0.39 is 18.2 Å². The fraction of sp³-hybridized carbons (Fsp3) is 0.571. The molecule has 1 fully saturated rings. The van der Waals surface area contributed by atoms with Gasteiger partial charge in [-0.15, -0.1) is 0 Å². The number of aliphatic hydroxyl groups is 1. The minimum absolute atomic E-state index is 0.0534. The van der Waals surface area contributed by atoms with E-state index in [2.05, 4.69) is 30.6 Å². The van der Waals surface area contributed by atoms with Crippen LogP contribution in [0.15, 0.2) is 52.7 Å². The molecule has 7 nitrogen and oxygen atoms in total. The lowest BCUT2D eigenvalue weighted by Crippen LogP contribution is -2.26. The molecular weight excluding hydrogens is 446 g/mol.